The molecule has 0 radical (unpaired) electrons. The maximum Gasteiger partial charge on any atom is 0.323 e. The number of nitro benzene ring substituents is 1. The van der Waals surface area contributed by atoms with Crippen LogP contribution in [0.1, 0.15) is 10.4 Å². The summed E-state index contributed by atoms with van der Waals surface area (Å²) in [6, 6.07) is 2.62. The van der Waals surface area contributed by atoms with E-state index in [2.05, 4.69) is 6.58 Å². The number of carboxylic acids is 1. The van der Waals surface area contributed by atoms with Crippen molar-refractivity contribution in [3.05, 3.63) is 52.3 Å². The lowest BCUT2D eigenvalue weighted by Crippen LogP contribution is -2.35. The molecule has 0 aliphatic rings. The number of aliphatic carboxylic acids is 1. The fourth-order valence-electron chi connectivity index (χ4n) is 1.51. The van der Waals surface area contributed by atoms with Gasteiger partial charge in [0.05, 0.1) is 4.92 Å². The number of carbonyl (C=O) groups excluding carboxylic acids is 1. The van der Waals surface area contributed by atoms with Gasteiger partial charge in [0.2, 0.25) is 5.82 Å². The number of halogens is 1. The topological polar surface area (TPSA) is 101 Å². The highest BCUT2D eigenvalue weighted by atomic mass is 19.1. The van der Waals surface area contributed by atoms with E-state index in [0.29, 0.717) is 0 Å². The van der Waals surface area contributed by atoms with E-state index in [-0.39, 0.29) is 12.1 Å². The highest BCUT2D eigenvalue weighted by Gasteiger charge is 2.22. The second-order valence-electron chi connectivity index (χ2n) is 3.79. The van der Waals surface area contributed by atoms with Crippen molar-refractivity contribution >= 4 is 17.6 Å². The molecule has 1 rings (SSSR count). The molecule has 1 N–H and O–H groups in total. The molecule has 0 saturated carbocycles. The molecule has 0 atom stereocenters. The Hall–Kier alpha value is -2.77. The Morgan fingerprint density at radius 1 is 1.50 bits per heavy atom. The normalized spacial score (nSPS) is 9.85. The molecular formula is C12H11FN2O5. The van der Waals surface area contributed by atoms with Gasteiger partial charge in [-0.15, -0.1) is 6.58 Å². The van der Waals surface area contributed by atoms with Crippen molar-refractivity contribution in [2.24, 2.45) is 0 Å². The minimum Gasteiger partial charge on any atom is -0.480 e. The lowest BCUT2D eigenvalue weighted by atomic mass is 10.1. The molecule has 8 heteroatoms. The van der Waals surface area contributed by atoms with Gasteiger partial charge >= 0.3 is 11.7 Å². The molecule has 0 heterocycles. The van der Waals surface area contributed by atoms with E-state index >= 15 is 0 Å². The van der Waals surface area contributed by atoms with Gasteiger partial charge < -0.3 is 10.0 Å². The van der Waals surface area contributed by atoms with Gasteiger partial charge in [0.15, 0.2) is 0 Å². The average molecular weight is 282 g/mol. The Kier molecular flexibility index (Phi) is 4.90. The standard InChI is InChI=1S/C12H11FN2O5/c1-2-5-14(7-11(16)17)12(18)8-3-4-9(13)10(6-8)15(19)20/h2-4,6H,1,5,7H2,(H,16,17). The molecule has 1 aromatic carbocycles. The zero-order chi connectivity index (χ0) is 15.3. The summed E-state index contributed by atoms with van der Waals surface area (Å²) in [6.45, 7) is 2.76. The SMILES string of the molecule is C=CCN(CC(=O)O)C(=O)c1ccc(F)c([N+](=O)[O-])c1. The molecule has 0 aliphatic carbocycles. The molecule has 0 spiro atoms. The summed E-state index contributed by atoms with van der Waals surface area (Å²) in [7, 11) is 0. The lowest BCUT2D eigenvalue weighted by Gasteiger charge is -2.18. The van der Waals surface area contributed by atoms with E-state index < -0.39 is 34.8 Å². The maximum absolute atomic E-state index is 13.2. The van der Waals surface area contributed by atoms with E-state index in [0.717, 1.165) is 23.1 Å². The Morgan fingerprint density at radius 3 is 2.65 bits per heavy atom. The summed E-state index contributed by atoms with van der Waals surface area (Å²) in [4.78, 5) is 33.2. The third kappa shape index (κ3) is 3.61. The highest BCUT2D eigenvalue weighted by Crippen LogP contribution is 2.19. The van der Waals surface area contributed by atoms with Gasteiger partial charge in [-0.1, -0.05) is 6.08 Å². The van der Waals surface area contributed by atoms with Gasteiger partial charge in [0.25, 0.3) is 5.91 Å². The van der Waals surface area contributed by atoms with Crippen molar-refractivity contribution in [2.45, 2.75) is 0 Å². The van der Waals surface area contributed by atoms with Crippen LogP contribution >= 0.6 is 0 Å². The zero-order valence-corrected chi connectivity index (χ0v) is 10.3. The Labute approximate surface area is 113 Å². The average Bonchev–Trinajstić information content (AvgIpc) is 2.37. The number of amides is 1. The quantitative estimate of drug-likeness (QED) is 0.483. The molecule has 0 aliphatic heterocycles. The minimum absolute atomic E-state index is 0.0453. The van der Waals surface area contributed by atoms with Crippen molar-refractivity contribution in [3.63, 3.8) is 0 Å². The van der Waals surface area contributed by atoms with Crippen LogP contribution in [-0.4, -0.2) is 39.9 Å². The van der Waals surface area contributed by atoms with E-state index in [1.165, 1.54) is 6.08 Å². The van der Waals surface area contributed by atoms with Crippen LogP contribution < -0.4 is 0 Å². The molecule has 1 amide bonds. The van der Waals surface area contributed by atoms with Crippen LogP contribution in [0.3, 0.4) is 0 Å². The number of hydrogen-bond acceptors (Lipinski definition) is 4. The number of carboxylic acid groups (broad SMARTS) is 1. The molecular weight excluding hydrogens is 271 g/mol. The second kappa shape index (κ2) is 6.41. The number of rotatable bonds is 6. The van der Waals surface area contributed by atoms with Gasteiger partial charge in [-0.2, -0.15) is 4.39 Å². The Bertz CT molecular complexity index is 573. The van der Waals surface area contributed by atoms with E-state index in [1.54, 1.807) is 0 Å². The van der Waals surface area contributed by atoms with Gasteiger partial charge in [-0.05, 0) is 12.1 Å². The molecule has 7 nitrogen and oxygen atoms in total. The van der Waals surface area contributed by atoms with Crippen LogP contribution in [0.25, 0.3) is 0 Å². The van der Waals surface area contributed by atoms with Gasteiger partial charge in [0.1, 0.15) is 6.54 Å². The van der Waals surface area contributed by atoms with Crippen molar-refractivity contribution in [1.82, 2.24) is 4.90 Å². The monoisotopic (exact) mass is 282 g/mol. The first-order chi connectivity index (χ1) is 9.36. The number of benzene rings is 1. The summed E-state index contributed by atoms with van der Waals surface area (Å²) < 4.78 is 13.2. The van der Waals surface area contributed by atoms with E-state index in [4.69, 9.17) is 5.11 Å². The van der Waals surface area contributed by atoms with Crippen molar-refractivity contribution < 1.29 is 24.0 Å². The Morgan fingerprint density at radius 2 is 2.15 bits per heavy atom. The van der Waals surface area contributed by atoms with Crippen LogP contribution in [0.4, 0.5) is 10.1 Å². The lowest BCUT2D eigenvalue weighted by molar-refractivity contribution is -0.387. The van der Waals surface area contributed by atoms with Gasteiger partial charge in [-0.3, -0.25) is 19.7 Å². The smallest absolute Gasteiger partial charge is 0.323 e. The van der Waals surface area contributed by atoms with Crippen molar-refractivity contribution in [3.8, 4) is 0 Å². The Balaban J connectivity index is 3.11. The fraction of sp³-hybridized carbons (Fsp3) is 0.167. The molecule has 0 saturated heterocycles. The molecule has 0 unspecified atom stereocenters. The molecule has 106 valence electrons. The molecule has 0 fully saturated rings. The third-order valence-corrected chi connectivity index (χ3v) is 2.35. The molecule has 0 bridgehead atoms. The van der Waals surface area contributed by atoms with Gasteiger partial charge in [0, 0.05) is 18.2 Å². The van der Waals surface area contributed by atoms with Crippen LogP contribution in [0.5, 0.6) is 0 Å². The number of carbonyl (C=O) groups is 2. The van der Waals surface area contributed by atoms with E-state index in [1.807, 2.05) is 0 Å². The summed E-state index contributed by atoms with van der Waals surface area (Å²) in [5, 5.41) is 19.3. The zero-order valence-electron chi connectivity index (χ0n) is 10.3. The molecule has 1 aromatic rings. The summed E-state index contributed by atoms with van der Waals surface area (Å²) in [5.74, 6) is -3.06. The third-order valence-electron chi connectivity index (χ3n) is 2.35. The number of nitro groups is 1. The summed E-state index contributed by atoms with van der Waals surface area (Å²) in [6.07, 6.45) is 1.32. The summed E-state index contributed by atoms with van der Waals surface area (Å²) in [5.41, 5.74) is -1.01. The van der Waals surface area contributed by atoms with Crippen molar-refractivity contribution in [2.75, 3.05) is 13.1 Å². The second-order valence-corrected chi connectivity index (χ2v) is 3.79. The number of nitrogens with zero attached hydrogens (tertiary/aromatic N) is 2. The molecule has 20 heavy (non-hydrogen) atoms. The van der Waals surface area contributed by atoms with E-state index in [9.17, 15) is 24.1 Å². The first-order valence-electron chi connectivity index (χ1n) is 5.42. The van der Waals surface area contributed by atoms with Crippen LogP contribution in [-0.2, 0) is 4.79 Å². The summed E-state index contributed by atoms with van der Waals surface area (Å²) >= 11 is 0. The maximum atomic E-state index is 13.2. The largest absolute Gasteiger partial charge is 0.480 e. The van der Waals surface area contributed by atoms with Crippen molar-refractivity contribution in [1.29, 1.82) is 0 Å². The first kappa shape index (κ1) is 15.3. The predicted molar refractivity (Wildman–Crippen MR) is 66.8 cm³/mol. The van der Waals surface area contributed by atoms with Gasteiger partial charge in [-0.25, -0.2) is 0 Å². The predicted octanol–water partition coefficient (Wildman–Crippen LogP) is 1.45. The highest BCUT2D eigenvalue weighted by molar-refractivity contribution is 5.96. The molecule has 0 aromatic heterocycles. The van der Waals surface area contributed by atoms with Crippen LogP contribution in [0, 0.1) is 15.9 Å². The van der Waals surface area contributed by atoms with Crippen LogP contribution in [0.15, 0.2) is 30.9 Å². The fourth-order valence-corrected chi connectivity index (χ4v) is 1.51. The van der Waals surface area contributed by atoms with Crippen LogP contribution in [0.2, 0.25) is 0 Å². The first-order valence-corrected chi connectivity index (χ1v) is 5.42. The number of hydrogen-bond donors (Lipinski definition) is 1. The minimum atomic E-state index is -1.24.